The van der Waals surface area contributed by atoms with E-state index in [1.54, 1.807) is 44.2 Å². The number of halogens is 1. The zero-order valence-corrected chi connectivity index (χ0v) is 21.9. The highest BCUT2D eigenvalue weighted by Gasteiger charge is 2.29. The summed E-state index contributed by atoms with van der Waals surface area (Å²) in [5.41, 5.74) is 0.925. The zero-order chi connectivity index (χ0) is 28.8. The van der Waals surface area contributed by atoms with Gasteiger partial charge in [-0.3, -0.25) is 10.1 Å². The molecule has 3 N–H and O–H groups in total. The number of amides is 1. The summed E-state index contributed by atoms with van der Waals surface area (Å²) in [5.74, 6) is -1.74. The number of carboxylic acids is 1. The van der Waals surface area contributed by atoms with E-state index in [9.17, 15) is 19.5 Å². The van der Waals surface area contributed by atoms with Crippen molar-refractivity contribution in [2.24, 2.45) is 0 Å². The average Bonchev–Trinajstić information content (AvgIpc) is 3.52. The van der Waals surface area contributed by atoms with Crippen LogP contribution in [0.15, 0.2) is 76.3 Å². The van der Waals surface area contributed by atoms with Crippen LogP contribution in [0.4, 0.5) is 15.0 Å². The van der Waals surface area contributed by atoms with Gasteiger partial charge in [-0.2, -0.15) is 0 Å². The lowest BCUT2D eigenvalue weighted by molar-refractivity contribution is 0.0687. The second kappa shape index (κ2) is 9.94. The molecule has 0 aliphatic rings. The number of nitrogens with one attached hydrogen (secondary N) is 2. The number of carbonyl (C=O) groups excluding carboxylic acids is 1. The van der Waals surface area contributed by atoms with Gasteiger partial charge in [-0.1, -0.05) is 18.2 Å². The van der Waals surface area contributed by atoms with Crippen LogP contribution in [0.2, 0.25) is 0 Å². The third-order valence-corrected chi connectivity index (χ3v) is 6.71. The van der Waals surface area contributed by atoms with E-state index in [2.05, 4.69) is 15.3 Å². The average molecular weight is 555 g/mol. The van der Waals surface area contributed by atoms with E-state index in [0.29, 0.717) is 16.5 Å². The quantitative estimate of drug-likeness (QED) is 0.225. The molecule has 206 valence electrons. The molecular weight excluding hydrogens is 531 g/mol. The van der Waals surface area contributed by atoms with Crippen LogP contribution in [0.5, 0.6) is 0 Å². The summed E-state index contributed by atoms with van der Waals surface area (Å²) < 4.78 is 27.6. The van der Waals surface area contributed by atoms with E-state index in [1.807, 2.05) is 6.07 Å². The number of anilines is 1. The van der Waals surface area contributed by atoms with Crippen LogP contribution in [0.1, 0.15) is 29.9 Å². The number of para-hydroxylation sites is 1. The Labute approximate surface area is 231 Å². The number of furan rings is 1. The maximum Gasteiger partial charge on any atom is 0.413 e. The smallest absolute Gasteiger partial charge is 0.413 e. The Balaban J connectivity index is 1.64. The Bertz CT molecular complexity index is 2060. The molecule has 4 heterocycles. The van der Waals surface area contributed by atoms with Gasteiger partial charge in [-0.15, -0.1) is 0 Å². The highest BCUT2D eigenvalue weighted by molar-refractivity contribution is 6.17. The lowest BCUT2D eigenvalue weighted by Gasteiger charge is -2.14. The number of pyridine rings is 2. The van der Waals surface area contributed by atoms with Crippen LogP contribution in [-0.4, -0.2) is 37.8 Å². The van der Waals surface area contributed by atoms with Gasteiger partial charge < -0.3 is 23.8 Å². The highest BCUT2D eigenvalue weighted by atomic mass is 19.1. The Morgan fingerprint density at radius 1 is 1.15 bits per heavy atom. The SMILES string of the molecule is CC(C)OC(=O)Nc1cc(Cn2c(C(=O)O)c(-c3ccc[nH]c3=O)c3c4occc4c(F)cc32)c2ccccc2n1. The van der Waals surface area contributed by atoms with E-state index >= 15 is 4.39 Å². The molecule has 0 saturated carbocycles. The van der Waals surface area contributed by atoms with Crippen LogP contribution in [-0.2, 0) is 11.3 Å². The van der Waals surface area contributed by atoms with Crippen LogP contribution in [0.3, 0.4) is 0 Å². The number of carboxylic acid groups (broad SMARTS) is 1. The second-order valence-electron chi connectivity index (χ2n) is 9.71. The minimum absolute atomic E-state index is 0.0640. The van der Waals surface area contributed by atoms with Crippen molar-refractivity contribution >= 4 is 50.7 Å². The first-order valence-corrected chi connectivity index (χ1v) is 12.7. The summed E-state index contributed by atoms with van der Waals surface area (Å²) >= 11 is 0. The molecule has 0 aliphatic heterocycles. The predicted molar refractivity (Wildman–Crippen MR) is 151 cm³/mol. The lowest BCUT2D eigenvalue weighted by Crippen LogP contribution is -2.19. The van der Waals surface area contributed by atoms with E-state index in [4.69, 9.17) is 9.15 Å². The van der Waals surface area contributed by atoms with Crippen LogP contribution >= 0.6 is 0 Å². The Morgan fingerprint density at radius 3 is 2.71 bits per heavy atom. The fraction of sp³-hybridized carbons (Fsp3) is 0.133. The molecule has 0 aliphatic carbocycles. The summed E-state index contributed by atoms with van der Waals surface area (Å²) in [5, 5.41) is 14.2. The number of rotatable bonds is 6. The van der Waals surface area contributed by atoms with Gasteiger partial charge in [0.15, 0.2) is 0 Å². The number of hydrogen-bond acceptors (Lipinski definition) is 6. The van der Waals surface area contributed by atoms with E-state index in [0.717, 1.165) is 0 Å². The lowest BCUT2D eigenvalue weighted by atomic mass is 10.0. The largest absolute Gasteiger partial charge is 0.477 e. The Morgan fingerprint density at radius 2 is 1.95 bits per heavy atom. The molecule has 10 nitrogen and oxygen atoms in total. The number of carbonyl (C=O) groups is 2. The minimum Gasteiger partial charge on any atom is -0.477 e. The molecule has 11 heteroatoms. The van der Waals surface area contributed by atoms with Crippen molar-refractivity contribution in [3.63, 3.8) is 0 Å². The van der Waals surface area contributed by atoms with Crippen molar-refractivity contribution in [2.75, 3.05) is 5.32 Å². The normalized spacial score (nSPS) is 11.5. The number of aromatic amines is 1. The highest BCUT2D eigenvalue weighted by Crippen LogP contribution is 2.40. The van der Waals surface area contributed by atoms with Crippen molar-refractivity contribution in [2.45, 2.75) is 26.5 Å². The predicted octanol–water partition coefficient (Wildman–Crippen LogP) is 6.13. The molecule has 0 unspecified atom stereocenters. The summed E-state index contributed by atoms with van der Waals surface area (Å²) in [4.78, 5) is 45.2. The van der Waals surface area contributed by atoms with Crippen LogP contribution in [0.25, 0.3) is 43.9 Å². The molecule has 0 spiro atoms. The first-order valence-electron chi connectivity index (χ1n) is 12.7. The van der Waals surface area contributed by atoms with Gasteiger partial charge >= 0.3 is 12.1 Å². The van der Waals surface area contributed by atoms with E-state index in [1.165, 1.54) is 35.2 Å². The van der Waals surface area contributed by atoms with Crippen LogP contribution < -0.4 is 10.9 Å². The molecule has 0 radical (unpaired) electrons. The fourth-order valence-corrected chi connectivity index (χ4v) is 5.13. The molecule has 6 rings (SSSR count). The van der Waals surface area contributed by atoms with Gasteiger partial charge in [0, 0.05) is 23.7 Å². The summed E-state index contributed by atoms with van der Waals surface area (Å²) in [6, 6.07) is 14.5. The van der Waals surface area contributed by atoms with Gasteiger partial charge in [0.25, 0.3) is 5.56 Å². The molecule has 1 amide bonds. The third kappa shape index (κ3) is 4.46. The maximum atomic E-state index is 15.3. The molecular formula is C30H23FN4O6. The van der Waals surface area contributed by atoms with Gasteiger partial charge in [0.05, 0.1) is 39.7 Å². The summed E-state index contributed by atoms with van der Waals surface area (Å²) in [6.45, 7) is 3.37. The molecule has 0 saturated heterocycles. The number of benzene rings is 2. The van der Waals surface area contributed by atoms with E-state index < -0.39 is 23.4 Å². The van der Waals surface area contributed by atoms with Crippen molar-refractivity contribution in [3.05, 3.63) is 94.5 Å². The Hall–Kier alpha value is -5.45. The summed E-state index contributed by atoms with van der Waals surface area (Å²) in [6.07, 6.45) is 1.70. The number of aromatic nitrogens is 3. The maximum absolute atomic E-state index is 15.3. The molecule has 0 fully saturated rings. The minimum atomic E-state index is -1.32. The number of fused-ring (bicyclic) bond motifs is 4. The first kappa shape index (κ1) is 25.8. The number of aromatic carboxylic acids is 1. The van der Waals surface area contributed by atoms with Crippen molar-refractivity contribution in [3.8, 4) is 11.1 Å². The Kier molecular flexibility index (Phi) is 6.26. The monoisotopic (exact) mass is 554 g/mol. The molecule has 0 atom stereocenters. The third-order valence-electron chi connectivity index (χ3n) is 6.71. The van der Waals surface area contributed by atoms with Gasteiger partial charge in [-0.05, 0) is 55.8 Å². The van der Waals surface area contributed by atoms with Gasteiger partial charge in [0.2, 0.25) is 0 Å². The van der Waals surface area contributed by atoms with Crippen molar-refractivity contribution in [1.82, 2.24) is 14.5 Å². The molecule has 41 heavy (non-hydrogen) atoms. The van der Waals surface area contributed by atoms with Gasteiger partial charge in [0.1, 0.15) is 22.9 Å². The van der Waals surface area contributed by atoms with Gasteiger partial charge in [-0.25, -0.2) is 19.0 Å². The second-order valence-corrected chi connectivity index (χ2v) is 9.71. The number of H-pyrrole nitrogens is 1. The molecule has 4 aromatic heterocycles. The zero-order valence-electron chi connectivity index (χ0n) is 21.9. The standard InChI is InChI=1S/C30H23FN4O6/c1-15(2)41-30(39)34-23-12-16(17-6-3-4-8-21(17)33-23)14-35-22-13-20(31)18-9-11-40-27(18)25(22)24(26(35)29(37)38)19-7-5-10-32-28(19)36/h3-13,15H,14H2,1-2H3,(H,32,36)(H,37,38)(H,33,34,39). The van der Waals surface area contributed by atoms with Crippen molar-refractivity contribution < 1.29 is 28.2 Å². The first-order chi connectivity index (χ1) is 19.7. The van der Waals surface area contributed by atoms with Crippen LogP contribution in [0, 0.1) is 5.82 Å². The molecule has 2 aromatic carbocycles. The fourth-order valence-electron chi connectivity index (χ4n) is 5.13. The number of hydrogen-bond donors (Lipinski definition) is 3. The summed E-state index contributed by atoms with van der Waals surface area (Å²) in [7, 11) is 0. The topological polar surface area (TPSA) is 139 Å². The molecule has 0 bridgehead atoms. The van der Waals surface area contributed by atoms with E-state index in [-0.39, 0.29) is 57.2 Å². The number of ether oxygens (including phenoxy) is 1. The molecule has 6 aromatic rings. The van der Waals surface area contributed by atoms with Crippen molar-refractivity contribution in [1.29, 1.82) is 0 Å². The number of nitrogens with zero attached hydrogens (tertiary/aromatic N) is 2.